The van der Waals surface area contributed by atoms with Crippen LogP contribution in [0.2, 0.25) is 0 Å². The van der Waals surface area contributed by atoms with Crippen molar-refractivity contribution in [2.24, 2.45) is 0 Å². The van der Waals surface area contributed by atoms with Crippen molar-refractivity contribution in [2.75, 3.05) is 13.1 Å². The van der Waals surface area contributed by atoms with Crippen molar-refractivity contribution in [1.29, 1.82) is 0 Å². The van der Waals surface area contributed by atoms with Gasteiger partial charge in [0.15, 0.2) is 5.58 Å². The molecule has 1 fully saturated rings. The molecule has 1 saturated heterocycles. The van der Waals surface area contributed by atoms with E-state index in [2.05, 4.69) is 5.32 Å². The van der Waals surface area contributed by atoms with Gasteiger partial charge in [0.05, 0.1) is 6.26 Å². The van der Waals surface area contributed by atoms with Gasteiger partial charge in [-0.2, -0.15) is 4.31 Å². The van der Waals surface area contributed by atoms with Crippen molar-refractivity contribution in [3.63, 3.8) is 0 Å². The van der Waals surface area contributed by atoms with E-state index in [1.54, 1.807) is 18.2 Å². The van der Waals surface area contributed by atoms with Crippen molar-refractivity contribution < 1.29 is 17.6 Å². The minimum absolute atomic E-state index is 0.131. The number of carbonyl (C=O) groups is 1. The molecule has 21 heavy (non-hydrogen) atoms. The molecule has 1 amide bonds. The SMILES string of the molecule is CC(=O)NC1CCN(S(=O)(=O)c2cccc3ccoc23)C1. The van der Waals surface area contributed by atoms with Gasteiger partial charge in [0, 0.05) is 31.4 Å². The predicted molar refractivity (Wildman–Crippen MR) is 77.2 cm³/mol. The number of nitrogens with zero attached hydrogens (tertiary/aromatic N) is 1. The third kappa shape index (κ3) is 2.54. The molecule has 1 atom stereocenters. The molecule has 0 spiro atoms. The summed E-state index contributed by atoms with van der Waals surface area (Å²) in [7, 11) is -3.62. The smallest absolute Gasteiger partial charge is 0.246 e. The lowest BCUT2D eigenvalue weighted by molar-refractivity contribution is -0.119. The highest BCUT2D eigenvalue weighted by Crippen LogP contribution is 2.28. The molecule has 1 unspecified atom stereocenters. The quantitative estimate of drug-likeness (QED) is 0.927. The van der Waals surface area contributed by atoms with E-state index < -0.39 is 10.0 Å². The topological polar surface area (TPSA) is 79.6 Å². The van der Waals surface area contributed by atoms with Crippen molar-refractivity contribution >= 4 is 26.9 Å². The van der Waals surface area contributed by atoms with Gasteiger partial charge < -0.3 is 9.73 Å². The van der Waals surface area contributed by atoms with Crippen LogP contribution in [0.4, 0.5) is 0 Å². The lowest BCUT2D eigenvalue weighted by Gasteiger charge is -2.17. The number of para-hydroxylation sites is 1. The van der Waals surface area contributed by atoms with Gasteiger partial charge in [0.2, 0.25) is 15.9 Å². The molecule has 2 heterocycles. The second kappa shape index (κ2) is 5.16. The Morgan fingerprint density at radius 3 is 2.95 bits per heavy atom. The highest BCUT2D eigenvalue weighted by molar-refractivity contribution is 7.89. The molecule has 1 N–H and O–H groups in total. The highest BCUT2D eigenvalue weighted by Gasteiger charge is 2.34. The molecule has 7 heteroatoms. The minimum atomic E-state index is -3.62. The van der Waals surface area contributed by atoms with E-state index in [1.165, 1.54) is 17.5 Å². The largest absolute Gasteiger partial charge is 0.463 e. The number of benzene rings is 1. The first-order valence-corrected chi connectivity index (χ1v) is 8.16. The molecule has 0 aliphatic carbocycles. The van der Waals surface area contributed by atoms with Crippen LogP contribution in [-0.2, 0) is 14.8 Å². The fourth-order valence-corrected chi connectivity index (χ4v) is 4.31. The zero-order valence-electron chi connectivity index (χ0n) is 11.6. The molecule has 6 nitrogen and oxygen atoms in total. The average molecular weight is 308 g/mol. The average Bonchev–Trinajstić information content (AvgIpc) is 3.05. The Labute approximate surface area is 122 Å². The Balaban J connectivity index is 1.91. The summed E-state index contributed by atoms with van der Waals surface area (Å²) in [5.74, 6) is -0.146. The van der Waals surface area contributed by atoms with E-state index in [1.807, 2.05) is 6.07 Å². The van der Waals surface area contributed by atoms with Gasteiger partial charge in [-0.1, -0.05) is 12.1 Å². The number of furan rings is 1. The molecule has 1 aliphatic rings. The van der Waals surface area contributed by atoms with Gasteiger partial charge in [0.25, 0.3) is 0 Å². The Hall–Kier alpha value is -1.86. The first-order valence-electron chi connectivity index (χ1n) is 6.72. The number of amides is 1. The van der Waals surface area contributed by atoms with Crippen molar-refractivity contribution in [3.8, 4) is 0 Å². The molecule has 1 aromatic carbocycles. The van der Waals surface area contributed by atoms with Crippen LogP contribution in [-0.4, -0.2) is 37.8 Å². The van der Waals surface area contributed by atoms with Gasteiger partial charge >= 0.3 is 0 Å². The monoisotopic (exact) mass is 308 g/mol. The van der Waals surface area contributed by atoms with E-state index in [9.17, 15) is 13.2 Å². The highest BCUT2D eigenvalue weighted by atomic mass is 32.2. The summed E-state index contributed by atoms with van der Waals surface area (Å²) in [6, 6.07) is 6.66. The molecule has 112 valence electrons. The van der Waals surface area contributed by atoms with E-state index in [0.717, 1.165) is 5.39 Å². The molecular formula is C14H16N2O4S. The van der Waals surface area contributed by atoms with Gasteiger partial charge in [0.1, 0.15) is 4.90 Å². The maximum atomic E-state index is 12.7. The molecule has 0 saturated carbocycles. The van der Waals surface area contributed by atoms with E-state index in [4.69, 9.17) is 4.42 Å². The second-order valence-corrected chi connectivity index (χ2v) is 7.05. The van der Waals surface area contributed by atoms with Gasteiger partial charge in [-0.25, -0.2) is 8.42 Å². The van der Waals surface area contributed by atoms with Crippen molar-refractivity contribution in [3.05, 3.63) is 30.5 Å². The lowest BCUT2D eigenvalue weighted by Crippen LogP contribution is -2.37. The molecule has 2 aromatic rings. The van der Waals surface area contributed by atoms with E-state index in [0.29, 0.717) is 25.1 Å². The Morgan fingerprint density at radius 1 is 1.38 bits per heavy atom. The lowest BCUT2D eigenvalue weighted by atomic mass is 10.3. The molecular weight excluding hydrogens is 292 g/mol. The zero-order chi connectivity index (χ0) is 15.0. The summed E-state index contributed by atoms with van der Waals surface area (Å²) in [5, 5.41) is 3.52. The number of carbonyl (C=O) groups excluding carboxylic acids is 1. The summed E-state index contributed by atoms with van der Waals surface area (Å²) in [4.78, 5) is 11.2. The van der Waals surface area contributed by atoms with Crippen LogP contribution in [0.25, 0.3) is 11.0 Å². The van der Waals surface area contributed by atoms with Crippen LogP contribution in [0.1, 0.15) is 13.3 Å². The molecule has 1 aromatic heterocycles. The number of hydrogen-bond donors (Lipinski definition) is 1. The van der Waals surface area contributed by atoms with Gasteiger partial charge in [-0.3, -0.25) is 4.79 Å². The first kappa shape index (κ1) is 14.1. The third-order valence-corrected chi connectivity index (χ3v) is 5.51. The van der Waals surface area contributed by atoms with Crippen LogP contribution < -0.4 is 5.32 Å². The summed E-state index contributed by atoms with van der Waals surface area (Å²) < 4.78 is 32.2. The van der Waals surface area contributed by atoms with Crippen molar-refractivity contribution in [2.45, 2.75) is 24.3 Å². The fraction of sp³-hybridized carbons (Fsp3) is 0.357. The molecule has 0 bridgehead atoms. The summed E-state index contributed by atoms with van der Waals surface area (Å²) in [5.41, 5.74) is 0.375. The fourth-order valence-electron chi connectivity index (χ4n) is 2.66. The first-order chi connectivity index (χ1) is 9.98. The summed E-state index contributed by atoms with van der Waals surface area (Å²) in [6.45, 7) is 2.12. The third-order valence-electron chi connectivity index (χ3n) is 3.62. The number of sulfonamides is 1. The zero-order valence-corrected chi connectivity index (χ0v) is 12.4. The van der Waals surface area contributed by atoms with Gasteiger partial charge in [-0.05, 0) is 18.6 Å². The Bertz CT molecular complexity index is 781. The molecule has 0 radical (unpaired) electrons. The van der Waals surface area contributed by atoms with Crippen LogP contribution in [0.5, 0.6) is 0 Å². The van der Waals surface area contributed by atoms with Gasteiger partial charge in [-0.15, -0.1) is 0 Å². The number of fused-ring (bicyclic) bond motifs is 1. The Kier molecular flexibility index (Phi) is 3.46. The summed E-state index contributed by atoms with van der Waals surface area (Å²) >= 11 is 0. The maximum absolute atomic E-state index is 12.7. The van der Waals surface area contributed by atoms with Crippen LogP contribution >= 0.6 is 0 Å². The molecule has 1 aliphatic heterocycles. The minimum Gasteiger partial charge on any atom is -0.463 e. The summed E-state index contributed by atoms with van der Waals surface area (Å²) in [6.07, 6.45) is 2.10. The van der Waals surface area contributed by atoms with Crippen LogP contribution in [0, 0.1) is 0 Å². The standard InChI is InChI=1S/C14H16N2O4S/c1-10(17)15-12-5-7-16(9-12)21(18,19)13-4-2-3-11-6-8-20-14(11)13/h2-4,6,8,12H,5,7,9H2,1H3,(H,15,17). The van der Waals surface area contributed by atoms with Crippen LogP contribution in [0.3, 0.4) is 0 Å². The van der Waals surface area contributed by atoms with Crippen molar-refractivity contribution in [1.82, 2.24) is 9.62 Å². The second-order valence-electron chi connectivity index (χ2n) is 5.14. The number of rotatable bonds is 3. The predicted octanol–water partition coefficient (Wildman–Crippen LogP) is 1.33. The van der Waals surface area contributed by atoms with Crippen LogP contribution in [0.15, 0.2) is 39.8 Å². The van der Waals surface area contributed by atoms with E-state index >= 15 is 0 Å². The number of hydrogen-bond acceptors (Lipinski definition) is 4. The number of nitrogens with one attached hydrogen (secondary N) is 1. The normalized spacial score (nSPS) is 20.0. The Morgan fingerprint density at radius 2 is 2.19 bits per heavy atom. The van der Waals surface area contributed by atoms with E-state index in [-0.39, 0.29) is 16.8 Å². The molecule has 3 rings (SSSR count). The maximum Gasteiger partial charge on any atom is 0.246 e.